The average Bonchev–Trinajstić information content (AvgIpc) is 2.83. The molecule has 0 saturated carbocycles. The predicted octanol–water partition coefficient (Wildman–Crippen LogP) is 2.42. The molecule has 0 atom stereocenters. The summed E-state index contributed by atoms with van der Waals surface area (Å²) in [6.45, 7) is 7.51. The first-order chi connectivity index (χ1) is 11.7. The summed E-state index contributed by atoms with van der Waals surface area (Å²) in [5.41, 5.74) is 5.84. The molecule has 0 aromatic carbocycles. The number of nitrogens with two attached hydrogens (primary N) is 1. The number of carbonyl (C=O) groups is 2. The molecule has 2 aliphatic rings. The highest BCUT2D eigenvalue weighted by Gasteiger charge is 2.46. The molecule has 2 N–H and O–H groups in total. The fourth-order valence-electron chi connectivity index (χ4n) is 3.51. The van der Waals surface area contributed by atoms with Crippen molar-refractivity contribution in [3.63, 3.8) is 0 Å². The van der Waals surface area contributed by atoms with E-state index in [0.29, 0.717) is 31.9 Å². The van der Waals surface area contributed by atoms with Crippen molar-refractivity contribution in [1.82, 2.24) is 9.88 Å². The van der Waals surface area contributed by atoms with Crippen LogP contribution in [0.3, 0.4) is 0 Å². The van der Waals surface area contributed by atoms with Gasteiger partial charge in [0.25, 0.3) is 0 Å². The van der Waals surface area contributed by atoms with Gasteiger partial charge < -0.3 is 20.3 Å². The van der Waals surface area contributed by atoms with E-state index < -0.39 is 5.60 Å². The van der Waals surface area contributed by atoms with Crippen LogP contribution in [-0.4, -0.2) is 47.1 Å². The molecule has 136 valence electrons. The first-order valence-corrected chi connectivity index (χ1v) is 8.67. The summed E-state index contributed by atoms with van der Waals surface area (Å²) in [6.07, 6.45) is 3.49. The zero-order valence-corrected chi connectivity index (χ0v) is 15.1. The highest BCUT2D eigenvalue weighted by atomic mass is 16.6. The minimum atomic E-state index is -0.492. The Morgan fingerprint density at radius 2 is 1.96 bits per heavy atom. The van der Waals surface area contributed by atoms with Crippen molar-refractivity contribution >= 4 is 23.5 Å². The van der Waals surface area contributed by atoms with Gasteiger partial charge in [-0.05, 0) is 45.7 Å². The molecule has 1 spiro atoms. The summed E-state index contributed by atoms with van der Waals surface area (Å²) < 4.78 is 5.44. The number of ether oxygens (including phenoxy) is 1. The molecule has 2 aliphatic heterocycles. The Bertz CT molecular complexity index is 658. The molecule has 0 radical (unpaired) electrons. The summed E-state index contributed by atoms with van der Waals surface area (Å²) >= 11 is 0. The summed E-state index contributed by atoms with van der Waals surface area (Å²) in [7, 11) is 0. The van der Waals surface area contributed by atoms with E-state index in [1.165, 1.54) is 0 Å². The minimum Gasteiger partial charge on any atom is -0.444 e. The summed E-state index contributed by atoms with van der Waals surface area (Å²) in [6, 6.07) is 3.54. The first-order valence-electron chi connectivity index (χ1n) is 8.67. The maximum atomic E-state index is 12.5. The van der Waals surface area contributed by atoms with Crippen molar-refractivity contribution in [2.24, 2.45) is 5.41 Å². The molecule has 0 bridgehead atoms. The van der Waals surface area contributed by atoms with Gasteiger partial charge in [-0.15, -0.1) is 0 Å². The Morgan fingerprint density at radius 3 is 2.52 bits per heavy atom. The van der Waals surface area contributed by atoms with Crippen LogP contribution in [0.4, 0.5) is 16.3 Å². The SMILES string of the molecule is CC(C)(C)OC(=O)N1CCC2(CC1)CC(=O)N(c1ccc(N)nc1)C2. The predicted molar refractivity (Wildman–Crippen MR) is 95.1 cm³/mol. The second-order valence-corrected chi connectivity index (χ2v) is 8.07. The van der Waals surface area contributed by atoms with E-state index in [4.69, 9.17) is 10.5 Å². The molecule has 0 aliphatic carbocycles. The number of anilines is 2. The van der Waals surface area contributed by atoms with Gasteiger partial charge in [-0.2, -0.15) is 0 Å². The Hall–Kier alpha value is -2.31. The molecule has 2 saturated heterocycles. The third-order valence-electron chi connectivity index (χ3n) is 4.88. The number of pyridine rings is 1. The van der Waals surface area contributed by atoms with Gasteiger partial charge in [-0.25, -0.2) is 9.78 Å². The molecule has 0 unspecified atom stereocenters. The van der Waals surface area contributed by atoms with E-state index in [1.54, 1.807) is 22.1 Å². The van der Waals surface area contributed by atoms with Gasteiger partial charge in [0.15, 0.2) is 0 Å². The molecule has 3 heterocycles. The molecule has 1 aromatic heterocycles. The monoisotopic (exact) mass is 346 g/mol. The molecule has 1 aromatic rings. The topological polar surface area (TPSA) is 88.8 Å². The van der Waals surface area contributed by atoms with E-state index in [-0.39, 0.29) is 17.4 Å². The number of amides is 2. The highest BCUT2D eigenvalue weighted by Crippen LogP contribution is 2.42. The molecular weight excluding hydrogens is 320 g/mol. The van der Waals surface area contributed by atoms with Crippen molar-refractivity contribution < 1.29 is 14.3 Å². The zero-order valence-electron chi connectivity index (χ0n) is 15.1. The van der Waals surface area contributed by atoms with Gasteiger partial charge in [0.2, 0.25) is 5.91 Å². The lowest BCUT2D eigenvalue weighted by Crippen LogP contribution is -2.46. The molecule has 7 heteroatoms. The molecular formula is C18H26N4O3. The van der Waals surface area contributed by atoms with Gasteiger partial charge >= 0.3 is 6.09 Å². The Morgan fingerprint density at radius 1 is 1.28 bits per heavy atom. The Labute approximate surface area is 148 Å². The third kappa shape index (κ3) is 3.86. The number of likely N-dealkylation sites (tertiary alicyclic amines) is 1. The maximum Gasteiger partial charge on any atom is 0.410 e. The van der Waals surface area contributed by atoms with Crippen molar-refractivity contribution in [3.05, 3.63) is 18.3 Å². The van der Waals surface area contributed by atoms with Crippen LogP contribution < -0.4 is 10.6 Å². The first kappa shape index (κ1) is 17.5. The van der Waals surface area contributed by atoms with Crippen LogP contribution in [0.1, 0.15) is 40.0 Å². The van der Waals surface area contributed by atoms with E-state index in [0.717, 1.165) is 18.5 Å². The number of piperidine rings is 1. The van der Waals surface area contributed by atoms with E-state index in [1.807, 2.05) is 26.8 Å². The molecule has 2 fully saturated rings. The number of hydrogen-bond acceptors (Lipinski definition) is 5. The van der Waals surface area contributed by atoms with Crippen LogP contribution in [-0.2, 0) is 9.53 Å². The van der Waals surface area contributed by atoms with Crippen molar-refractivity contribution in [2.75, 3.05) is 30.3 Å². The largest absolute Gasteiger partial charge is 0.444 e. The van der Waals surface area contributed by atoms with Crippen LogP contribution in [0.15, 0.2) is 18.3 Å². The van der Waals surface area contributed by atoms with Gasteiger partial charge in [-0.1, -0.05) is 0 Å². The highest BCUT2D eigenvalue weighted by molar-refractivity contribution is 5.96. The maximum absolute atomic E-state index is 12.5. The second kappa shape index (κ2) is 6.20. The third-order valence-corrected chi connectivity index (χ3v) is 4.88. The lowest BCUT2D eigenvalue weighted by atomic mass is 9.78. The zero-order chi connectivity index (χ0) is 18.2. The standard InChI is InChI=1S/C18H26N4O3/c1-17(2,3)25-16(24)21-8-6-18(7-9-21)10-15(23)22(12-18)13-4-5-14(19)20-11-13/h4-5,11H,6-10,12H2,1-3H3,(H2,19,20). The van der Waals surface area contributed by atoms with Gasteiger partial charge in [0.1, 0.15) is 11.4 Å². The quantitative estimate of drug-likeness (QED) is 0.843. The van der Waals surface area contributed by atoms with Crippen LogP contribution >= 0.6 is 0 Å². The van der Waals surface area contributed by atoms with Crippen molar-refractivity contribution in [1.29, 1.82) is 0 Å². The number of carbonyl (C=O) groups excluding carboxylic acids is 2. The molecule has 3 rings (SSSR count). The van der Waals surface area contributed by atoms with E-state index in [9.17, 15) is 9.59 Å². The smallest absolute Gasteiger partial charge is 0.410 e. The average molecular weight is 346 g/mol. The Kier molecular flexibility index (Phi) is 4.34. The summed E-state index contributed by atoms with van der Waals surface area (Å²) in [5.74, 6) is 0.549. The number of nitrogens with zero attached hydrogens (tertiary/aromatic N) is 3. The molecule has 2 amide bonds. The van der Waals surface area contributed by atoms with Crippen LogP contribution in [0.2, 0.25) is 0 Å². The minimum absolute atomic E-state index is 0.0724. The normalized spacial score (nSPS) is 20.2. The lowest BCUT2D eigenvalue weighted by Gasteiger charge is -2.39. The number of aromatic nitrogens is 1. The van der Waals surface area contributed by atoms with Gasteiger partial charge in [-0.3, -0.25) is 4.79 Å². The summed E-state index contributed by atoms with van der Waals surface area (Å²) in [5, 5.41) is 0. The summed E-state index contributed by atoms with van der Waals surface area (Å²) in [4.78, 5) is 32.3. The number of hydrogen-bond donors (Lipinski definition) is 1. The van der Waals surface area contributed by atoms with Crippen LogP contribution in [0.5, 0.6) is 0 Å². The van der Waals surface area contributed by atoms with Gasteiger partial charge in [0, 0.05) is 31.5 Å². The number of rotatable bonds is 1. The van der Waals surface area contributed by atoms with Gasteiger partial charge in [0.05, 0.1) is 11.9 Å². The van der Waals surface area contributed by atoms with E-state index in [2.05, 4.69) is 4.98 Å². The molecule has 7 nitrogen and oxygen atoms in total. The second-order valence-electron chi connectivity index (χ2n) is 8.07. The van der Waals surface area contributed by atoms with Crippen LogP contribution in [0, 0.1) is 5.41 Å². The fraction of sp³-hybridized carbons (Fsp3) is 0.611. The Balaban J connectivity index is 1.63. The molecule has 25 heavy (non-hydrogen) atoms. The fourth-order valence-corrected chi connectivity index (χ4v) is 3.51. The van der Waals surface area contributed by atoms with Crippen LogP contribution in [0.25, 0.3) is 0 Å². The van der Waals surface area contributed by atoms with Crippen molar-refractivity contribution in [2.45, 2.75) is 45.6 Å². The van der Waals surface area contributed by atoms with Crippen molar-refractivity contribution in [3.8, 4) is 0 Å². The number of nitrogen functional groups attached to an aromatic ring is 1. The lowest BCUT2D eigenvalue weighted by molar-refractivity contribution is -0.118. The van der Waals surface area contributed by atoms with E-state index >= 15 is 0 Å².